The van der Waals surface area contributed by atoms with Crippen molar-refractivity contribution >= 4 is 23.4 Å². The van der Waals surface area contributed by atoms with Gasteiger partial charge in [-0.25, -0.2) is 4.98 Å². The Hall–Kier alpha value is -2.45. The summed E-state index contributed by atoms with van der Waals surface area (Å²) >= 11 is 0. The highest BCUT2D eigenvalue weighted by Gasteiger charge is 2.33. The molecule has 19 heavy (non-hydrogen) atoms. The number of hydrogen-bond donors (Lipinski definition) is 2. The molecule has 1 amide bonds. The van der Waals surface area contributed by atoms with Crippen molar-refractivity contribution in [1.29, 1.82) is 0 Å². The molecule has 0 saturated carbocycles. The van der Waals surface area contributed by atoms with E-state index in [4.69, 9.17) is 5.73 Å². The van der Waals surface area contributed by atoms with Gasteiger partial charge in [0.2, 0.25) is 17.7 Å². The Kier molecular flexibility index (Phi) is 3.19. The number of nitrogen functional groups attached to an aromatic ring is 1. The molecule has 3 N–H and O–H groups in total. The fourth-order valence-corrected chi connectivity index (χ4v) is 2.06. The molecule has 1 atom stereocenters. The second-order valence-corrected chi connectivity index (χ2v) is 4.26. The highest BCUT2D eigenvalue weighted by Crippen LogP contribution is 2.30. The molecule has 1 fully saturated rings. The fourth-order valence-electron chi connectivity index (χ4n) is 2.06. The summed E-state index contributed by atoms with van der Waals surface area (Å²) in [6.07, 6.45) is 0. The summed E-state index contributed by atoms with van der Waals surface area (Å²) < 4.78 is 0. The number of nitrogens with one attached hydrogen (secondary N) is 1. The SMILES string of the molecule is Cc1nc(N)nc(N2CCNC(=O)C2C)c1[N+](=O)[O-]. The van der Waals surface area contributed by atoms with Gasteiger partial charge < -0.3 is 16.0 Å². The molecule has 1 aliphatic heterocycles. The Balaban J connectivity index is 2.54. The number of piperazine rings is 1. The largest absolute Gasteiger partial charge is 0.368 e. The summed E-state index contributed by atoms with van der Waals surface area (Å²) in [7, 11) is 0. The Morgan fingerprint density at radius 3 is 2.84 bits per heavy atom. The maximum Gasteiger partial charge on any atom is 0.332 e. The first-order chi connectivity index (χ1) is 8.91. The van der Waals surface area contributed by atoms with Crippen LogP contribution in [0.3, 0.4) is 0 Å². The molecule has 1 saturated heterocycles. The minimum Gasteiger partial charge on any atom is -0.368 e. The van der Waals surface area contributed by atoms with Crippen LogP contribution in [-0.2, 0) is 4.79 Å². The number of aryl methyl sites for hydroxylation is 1. The first kappa shape index (κ1) is 13.0. The van der Waals surface area contributed by atoms with E-state index < -0.39 is 11.0 Å². The van der Waals surface area contributed by atoms with Crippen LogP contribution in [-0.4, -0.2) is 39.9 Å². The lowest BCUT2D eigenvalue weighted by Gasteiger charge is -2.33. The van der Waals surface area contributed by atoms with Gasteiger partial charge in [0, 0.05) is 13.1 Å². The third-order valence-electron chi connectivity index (χ3n) is 3.01. The lowest BCUT2D eigenvalue weighted by molar-refractivity contribution is -0.385. The molecular weight excluding hydrogens is 252 g/mol. The topological polar surface area (TPSA) is 127 Å². The number of carbonyl (C=O) groups excluding carboxylic acids is 1. The summed E-state index contributed by atoms with van der Waals surface area (Å²) in [4.78, 5) is 31.5. The molecule has 9 nitrogen and oxygen atoms in total. The molecule has 0 bridgehead atoms. The van der Waals surface area contributed by atoms with Gasteiger partial charge in [-0.1, -0.05) is 0 Å². The van der Waals surface area contributed by atoms with Crippen LogP contribution in [0.15, 0.2) is 0 Å². The standard InChI is InChI=1S/C10H14N6O3/c1-5-7(16(18)19)8(14-10(11)13-5)15-4-3-12-9(17)6(15)2/h6H,3-4H2,1-2H3,(H,12,17)(H2,11,13,14). The summed E-state index contributed by atoms with van der Waals surface area (Å²) in [5, 5.41) is 13.8. The monoisotopic (exact) mass is 266 g/mol. The number of hydrogen-bond acceptors (Lipinski definition) is 7. The summed E-state index contributed by atoms with van der Waals surface area (Å²) in [5.41, 5.74) is 5.52. The van der Waals surface area contributed by atoms with E-state index in [9.17, 15) is 14.9 Å². The van der Waals surface area contributed by atoms with Gasteiger partial charge in [-0.3, -0.25) is 14.9 Å². The van der Waals surface area contributed by atoms with Crippen molar-refractivity contribution in [3.63, 3.8) is 0 Å². The summed E-state index contributed by atoms with van der Waals surface area (Å²) in [6.45, 7) is 3.99. The van der Waals surface area contributed by atoms with Gasteiger partial charge in [0.15, 0.2) is 0 Å². The number of nitrogens with two attached hydrogens (primary N) is 1. The Morgan fingerprint density at radius 2 is 2.21 bits per heavy atom. The van der Waals surface area contributed by atoms with Crippen molar-refractivity contribution in [2.75, 3.05) is 23.7 Å². The molecule has 0 aliphatic carbocycles. The van der Waals surface area contributed by atoms with Crippen molar-refractivity contribution in [3.05, 3.63) is 15.8 Å². The third-order valence-corrected chi connectivity index (χ3v) is 3.01. The molecule has 1 aliphatic rings. The maximum absolute atomic E-state index is 11.6. The van der Waals surface area contributed by atoms with Crippen LogP contribution in [0.25, 0.3) is 0 Å². The molecule has 1 aromatic rings. The zero-order chi connectivity index (χ0) is 14.2. The van der Waals surface area contributed by atoms with E-state index in [2.05, 4.69) is 15.3 Å². The number of nitrogens with zero attached hydrogens (tertiary/aromatic N) is 4. The molecule has 102 valence electrons. The van der Waals surface area contributed by atoms with Gasteiger partial charge in [0.05, 0.1) is 4.92 Å². The molecule has 2 heterocycles. The zero-order valence-electron chi connectivity index (χ0n) is 10.6. The molecule has 0 spiro atoms. The Labute approximate surface area is 109 Å². The highest BCUT2D eigenvalue weighted by atomic mass is 16.6. The fraction of sp³-hybridized carbons (Fsp3) is 0.500. The van der Waals surface area contributed by atoms with Crippen LogP contribution in [0, 0.1) is 17.0 Å². The average Bonchev–Trinajstić information content (AvgIpc) is 2.31. The van der Waals surface area contributed by atoms with Crippen LogP contribution in [0.1, 0.15) is 12.6 Å². The van der Waals surface area contributed by atoms with Crippen LogP contribution in [0.5, 0.6) is 0 Å². The van der Waals surface area contributed by atoms with Gasteiger partial charge in [0.1, 0.15) is 11.7 Å². The van der Waals surface area contributed by atoms with Gasteiger partial charge >= 0.3 is 5.69 Å². The third kappa shape index (κ3) is 2.26. The van der Waals surface area contributed by atoms with Gasteiger partial charge in [0.25, 0.3) is 0 Å². The average molecular weight is 266 g/mol. The predicted octanol–water partition coefficient (Wildman–Crippen LogP) is -0.400. The molecule has 0 aromatic carbocycles. The van der Waals surface area contributed by atoms with Crippen LogP contribution in [0.2, 0.25) is 0 Å². The van der Waals surface area contributed by atoms with E-state index in [-0.39, 0.29) is 29.1 Å². The van der Waals surface area contributed by atoms with Crippen molar-refractivity contribution in [1.82, 2.24) is 15.3 Å². The van der Waals surface area contributed by atoms with E-state index in [1.54, 1.807) is 11.8 Å². The van der Waals surface area contributed by atoms with Crippen molar-refractivity contribution in [2.24, 2.45) is 0 Å². The lowest BCUT2D eigenvalue weighted by Crippen LogP contribution is -2.54. The van der Waals surface area contributed by atoms with E-state index >= 15 is 0 Å². The maximum atomic E-state index is 11.6. The summed E-state index contributed by atoms with van der Waals surface area (Å²) in [5.74, 6) is -0.149. The van der Waals surface area contributed by atoms with Crippen molar-refractivity contribution < 1.29 is 9.72 Å². The van der Waals surface area contributed by atoms with E-state index in [0.717, 1.165) is 0 Å². The predicted molar refractivity (Wildman–Crippen MR) is 67.7 cm³/mol. The Morgan fingerprint density at radius 1 is 1.53 bits per heavy atom. The van der Waals surface area contributed by atoms with Gasteiger partial charge in [-0.05, 0) is 13.8 Å². The minimum atomic E-state index is -0.552. The molecule has 9 heteroatoms. The normalized spacial score (nSPS) is 19.2. The first-order valence-corrected chi connectivity index (χ1v) is 5.74. The smallest absolute Gasteiger partial charge is 0.332 e. The molecule has 1 aromatic heterocycles. The van der Waals surface area contributed by atoms with Crippen molar-refractivity contribution in [3.8, 4) is 0 Å². The van der Waals surface area contributed by atoms with Crippen LogP contribution >= 0.6 is 0 Å². The highest BCUT2D eigenvalue weighted by molar-refractivity contribution is 5.86. The molecular formula is C10H14N6O3. The second-order valence-electron chi connectivity index (χ2n) is 4.26. The first-order valence-electron chi connectivity index (χ1n) is 5.74. The number of nitro groups is 1. The molecule has 0 radical (unpaired) electrons. The lowest BCUT2D eigenvalue weighted by atomic mass is 10.2. The van der Waals surface area contributed by atoms with Gasteiger partial charge in [-0.15, -0.1) is 0 Å². The van der Waals surface area contributed by atoms with Gasteiger partial charge in [-0.2, -0.15) is 4.98 Å². The quantitative estimate of drug-likeness (QED) is 0.550. The Bertz CT molecular complexity index is 546. The second kappa shape index (κ2) is 4.67. The number of carbonyl (C=O) groups is 1. The minimum absolute atomic E-state index is 0.0451. The zero-order valence-corrected chi connectivity index (χ0v) is 10.6. The number of rotatable bonds is 2. The van der Waals surface area contributed by atoms with Crippen LogP contribution < -0.4 is 16.0 Å². The number of amides is 1. The summed E-state index contributed by atoms with van der Waals surface area (Å²) in [6, 6.07) is -0.541. The molecule has 2 rings (SSSR count). The van der Waals surface area contributed by atoms with Crippen molar-refractivity contribution in [2.45, 2.75) is 19.9 Å². The molecule has 1 unspecified atom stereocenters. The number of anilines is 2. The van der Waals surface area contributed by atoms with Crippen LogP contribution in [0.4, 0.5) is 17.5 Å². The van der Waals surface area contributed by atoms with E-state index in [0.29, 0.717) is 13.1 Å². The number of aromatic nitrogens is 2. The van der Waals surface area contributed by atoms with E-state index in [1.165, 1.54) is 6.92 Å². The van der Waals surface area contributed by atoms with E-state index in [1.807, 2.05) is 0 Å².